The zero-order chi connectivity index (χ0) is 19.0. The van der Waals surface area contributed by atoms with E-state index in [0.717, 1.165) is 12.7 Å². The van der Waals surface area contributed by atoms with Gasteiger partial charge in [0.1, 0.15) is 6.29 Å². The second kappa shape index (κ2) is 9.11. The Kier molecular flexibility index (Phi) is 7.12. The van der Waals surface area contributed by atoms with Crippen molar-refractivity contribution in [3.63, 3.8) is 0 Å². The first-order valence-corrected chi connectivity index (χ1v) is 11.2. The Hall–Kier alpha value is -1.97. The van der Waals surface area contributed by atoms with Crippen LogP contribution in [0, 0.1) is 0 Å². The molecule has 0 unspecified atom stereocenters. The molecular formula is C23H30O2Si. The number of carbonyl (C=O) groups excluding carboxylic acids is 1. The minimum Gasteiger partial charge on any atom is -0.404 e. The molecule has 0 aliphatic carbocycles. The maximum absolute atomic E-state index is 10.6. The van der Waals surface area contributed by atoms with Crippen molar-refractivity contribution in [1.82, 2.24) is 0 Å². The Bertz CT molecular complexity index is 675. The fourth-order valence-electron chi connectivity index (χ4n) is 3.46. The Labute approximate surface area is 159 Å². The number of hydrogen-bond acceptors (Lipinski definition) is 2. The monoisotopic (exact) mass is 366 g/mol. The zero-order valence-corrected chi connectivity index (χ0v) is 17.4. The molecule has 26 heavy (non-hydrogen) atoms. The van der Waals surface area contributed by atoms with Crippen LogP contribution >= 0.6 is 0 Å². The van der Waals surface area contributed by atoms with Crippen LogP contribution in [0.15, 0.2) is 72.3 Å². The van der Waals surface area contributed by atoms with E-state index in [1.54, 1.807) is 0 Å². The summed E-state index contributed by atoms with van der Waals surface area (Å²) in [7, 11) is -2.46. The second-order valence-corrected chi connectivity index (χ2v) is 12.0. The Morgan fingerprint density at radius 2 is 1.46 bits per heavy atom. The summed E-state index contributed by atoms with van der Waals surface area (Å²) < 4.78 is 6.79. The summed E-state index contributed by atoms with van der Waals surface area (Å²) in [5, 5.41) is 2.57. The van der Waals surface area contributed by atoms with Gasteiger partial charge >= 0.3 is 0 Å². The fraction of sp³-hybridized carbons (Fsp3) is 0.348. The lowest BCUT2D eigenvalue weighted by Gasteiger charge is -2.42. The molecule has 2 aromatic carbocycles. The third-order valence-electron chi connectivity index (χ3n) is 4.80. The molecule has 0 fully saturated rings. The molecule has 138 valence electrons. The van der Waals surface area contributed by atoms with Gasteiger partial charge in [0.25, 0.3) is 8.32 Å². The van der Waals surface area contributed by atoms with Gasteiger partial charge in [0.05, 0.1) is 6.61 Å². The molecule has 0 atom stereocenters. The van der Waals surface area contributed by atoms with E-state index in [0.29, 0.717) is 13.0 Å². The molecule has 2 nitrogen and oxygen atoms in total. The highest BCUT2D eigenvalue weighted by atomic mass is 28.4. The highest BCUT2D eigenvalue weighted by molar-refractivity contribution is 6.99. The number of allylic oxidation sites excluding steroid dienone is 1. The predicted molar refractivity (Wildman–Crippen MR) is 113 cm³/mol. The minimum absolute atomic E-state index is 0.0136. The molecule has 0 saturated carbocycles. The Morgan fingerprint density at radius 3 is 1.88 bits per heavy atom. The van der Waals surface area contributed by atoms with Gasteiger partial charge in [-0.2, -0.15) is 0 Å². The minimum atomic E-state index is -2.46. The summed E-state index contributed by atoms with van der Waals surface area (Å²) in [4.78, 5) is 10.6. The smallest absolute Gasteiger partial charge is 0.261 e. The van der Waals surface area contributed by atoms with E-state index in [9.17, 15) is 4.79 Å². The van der Waals surface area contributed by atoms with Crippen LogP contribution in [0.3, 0.4) is 0 Å². The molecule has 0 bridgehead atoms. The summed E-state index contributed by atoms with van der Waals surface area (Å²) in [5.74, 6) is 0. The maximum Gasteiger partial charge on any atom is 0.261 e. The van der Waals surface area contributed by atoms with Crippen molar-refractivity contribution in [2.45, 2.75) is 45.6 Å². The van der Waals surface area contributed by atoms with Gasteiger partial charge in [0.2, 0.25) is 0 Å². The molecule has 2 aromatic rings. The molecular weight excluding hydrogens is 336 g/mol. The van der Waals surface area contributed by atoms with Crippen molar-refractivity contribution in [2.24, 2.45) is 0 Å². The van der Waals surface area contributed by atoms with Crippen LogP contribution in [0.1, 0.15) is 40.5 Å². The van der Waals surface area contributed by atoms with Gasteiger partial charge in [-0.05, 0) is 28.8 Å². The third kappa shape index (κ3) is 4.60. The van der Waals surface area contributed by atoms with Gasteiger partial charge in [-0.25, -0.2) is 0 Å². The van der Waals surface area contributed by atoms with Crippen molar-refractivity contribution in [3.8, 4) is 0 Å². The van der Waals surface area contributed by atoms with Crippen molar-refractivity contribution >= 4 is 25.0 Å². The quantitative estimate of drug-likeness (QED) is 0.391. The van der Waals surface area contributed by atoms with Gasteiger partial charge in [0, 0.05) is 6.42 Å². The first-order chi connectivity index (χ1) is 12.4. The van der Waals surface area contributed by atoms with E-state index >= 15 is 0 Å². The van der Waals surface area contributed by atoms with E-state index in [1.807, 2.05) is 0 Å². The topological polar surface area (TPSA) is 26.3 Å². The first-order valence-electron chi connectivity index (χ1n) is 9.26. The molecule has 0 N–H and O–H groups in total. The normalized spacial score (nSPS) is 12.8. The first kappa shape index (κ1) is 20.3. The molecule has 2 rings (SSSR count). The second-order valence-electron chi connectivity index (χ2n) is 7.73. The average Bonchev–Trinajstić information content (AvgIpc) is 2.64. The molecule has 0 heterocycles. The Balaban J connectivity index is 2.46. The Morgan fingerprint density at radius 1 is 0.962 bits per heavy atom. The van der Waals surface area contributed by atoms with Crippen LogP contribution in [0.4, 0.5) is 0 Å². The van der Waals surface area contributed by atoms with E-state index in [-0.39, 0.29) is 5.04 Å². The number of aldehydes is 1. The number of benzene rings is 2. The molecule has 0 saturated heterocycles. The summed E-state index contributed by atoms with van der Waals surface area (Å²) in [6.45, 7) is 9.47. The van der Waals surface area contributed by atoms with Gasteiger partial charge in [-0.1, -0.05) is 93.1 Å². The lowest BCUT2D eigenvalue weighted by atomic mass is 10.2. The van der Waals surface area contributed by atoms with Crippen molar-refractivity contribution < 1.29 is 9.22 Å². The molecule has 0 radical (unpaired) electrons. The number of carbonyl (C=O) groups is 1. The maximum atomic E-state index is 10.6. The third-order valence-corrected chi connectivity index (χ3v) is 9.81. The predicted octanol–water partition coefficient (Wildman–Crippen LogP) is 4.49. The van der Waals surface area contributed by atoms with E-state index in [4.69, 9.17) is 4.43 Å². The van der Waals surface area contributed by atoms with Gasteiger partial charge in [-0.15, -0.1) is 0 Å². The van der Waals surface area contributed by atoms with Crippen LogP contribution in [0.5, 0.6) is 0 Å². The average molecular weight is 367 g/mol. The van der Waals surface area contributed by atoms with Crippen LogP contribution in [0.2, 0.25) is 5.04 Å². The lowest BCUT2D eigenvalue weighted by Crippen LogP contribution is -2.66. The molecule has 0 aromatic heterocycles. The number of hydrogen-bond donors (Lipinski definition) is 0. The molecule has 3 heteroatoms. The van der Waals surface area contributed by atoms with Crippen molar-refractivity contribution in [2.75, 3.05) is 6.61 Å². The molecule has 0 amide bonds. The van der Waals surface area contributed by atoms with Crippen LogP contribution in [-0.2, 0) is 9.22 Å². The van der Waals surface area contributed by atoms with Gasteiger partial charge < -0.3 is 9.22 Å². The summed E-state index contributed by atoms with van der Waals surface area (Å²) in [6.07, 6.45) is 4.47. The van der Waals surface area contributed by atoms with E-state index in [2.05, 4.69) is 94.4 Å². The largest absolute Gasteiger partial charge is 0.404 e. The zero-order valence-electron chi connectivity index (χ0n) is 16.4. The summed E-state index contributed by atoms with van der Waals surface area (Å²) >= 11 is 0. The molecule has 0 aliphatic rings. The fourth-order valence-corrected chi connectivity index (χ4v) is 7.95. The number of rotatable bonds is 8. The highest BCUT2D eigenvalue weighted by Gasteiger charge is 2.49. The van der Waals surface area contributed by atoms with Crippen LogP contribution in [0.25, 0.3) is 0 Å². The van der Waals surface area contributed by atoms with Crippen LogP contribution < -0.4 is 10.4 Å². The molecule has 0 aliphatic heterocycles. The molecule has 0 spiro atoms. The summed E-state index contributed by atoms with van der Waals surface area (Å²) in [6, 6.07) is 21.3. The van der Waals surface area contributed by atoms with E-state index < -0.39 is 8.32 Å². The van der Waals surface area contributed by atoms with Crippen LogP contribution in [-0.4, -0.2) is 21.2 Å². The SMILES string of the molecule is CC(=CCO[Si](c1ccccc1)(c1ccccc1)C(C)(C)C)CCC=O. The summed E-state index contributed by atoms with van der Waals surface area (Å²) in [5.41, 5.74) is 1.20. The van der Waals surface area contributed by atoms with E-state index in [1.165, 1.54) is 15.9 Å². The van der Waals surface area contributed by atoms with Gasteiger partial charge in [-0.3, -0.25) is 0 Å². The highest BCUT2D eigenvalue weighted by Crippen LogP contribution is 2.36. The lowest BCUT2D eigenvalue weighted by molar-refractivity contribution is -0.107. The van der Waals surface area contributed by atoms with Crippen molar-refractivity contribution in [3.05, 3.63) is 72.3 Å². The van der Waals surface area contributed by atoms with Crippen molar-refractivity contribution in [1.29, 1.82) is 0 Å². The van der Waals surface area contributed by atoms with Gasteiger partial charge in [0.15, 0.2) is 0 Å². The standard InChI is InChI=1S/C23H30O2Si/c1-20(12-11-18-24)17-19-25-26(23(2,3)4,21-13-7-5-8-14-21)22-15-9-6-10-16-22/h5-10,13-18H,11-12,19H2,1-4H3.